The van der Waals surface area contributed by atoms with E-state index in [0.717, 1.165) is 18.9 Å². The van der Waals surface area contributed by atoms with Gasteiger partial charge in [0, 0.05) is 6.07 Å². The first-order valence-corrected chi connectivity index (χ1v) is 9.25. The van der Waals surface area contributed by atoms with E-state index in [2.05, 4.69) is 19.1 Å². The number of ether oxygens (including phenoxy) is 1. The summed E-state index contributed by atoms with van der Waals surface area (Å²) < 4.78 is 18.8. The summed E-state index contributed by atoms with van der Waals surface area (Å²) in [4.78, 5) is 12.3. The number of nitrogens with zero attached hydrogens (tertiary/aromatic N) is 1. The Bertz CT molecular complexity index is 872. The molecule has 0 aliphatic heterocycles. The number of nitriles is 1. The highest BCUT2D eigenvalue weighted by Crippen LogP contribution is 2.36. The van der Waals surface area contributed by atoms with Crippen molar-refractivity contribution < 1.29 is 13.9 Å². The van der Waals surface area contributed by atoms with E-state index >= 15 is 0 Å². The van der Waals surface area contributed by atoms with Crippen molar-refractivity contribution in [3.8, 4) is 11.8 Å². The van der Waals surface area contributed by atoms with Gasteiger partial charge in [-0.3, -0.25) is 0 Å². The predicted molar refractivity (Wildman–Crippen MR) is 102 cm³/mol. The Labute approximate surface area is 159 Å². The van der Waals surface area contributed by atoms with Crippen molar-refractivity contribution in [3.63, 3.8) is 0 Å². The van der Waals surface area contributed by atoms with Gasteiger partial charge in [0.15, 0.2) is 0 Å². The molecule has 4 heteroatoms. The van der Waals surface area contributed by atoms with Crippen molar-refractivity contribution in [3.05, 3.63) is 77.1 Å². The number of carbonyl (C=O) groups is 1. The average molecular weight is 363 g/mol. The average Bonchev–Trinajstić information content (AvgIpc) is 2.69. The molecule has 3 rings (SSSR count). The molecule has 0 unspecified atom stereocenters. The van der Waals surface area contributed by atoms with E-state index in [-0.39, 0.29) is 11.3 Å². The summed E-state index contributed by atoms with van der Waals surface area (Å²) in [6.07, 6.45) is 9.13. The van der Waals surface area contributed by atoms with Crippen molar-refractivity contribution in [2.24, 2.45) is 5.92 Å². The van der Waals surface area contributed by atoms with Gasteiger partial charge in [0.25, 0.3) is 0 Å². The zero-order valence-corrected chi connectivity index (χ0v) is 15.3. The van der Waals surface area contributed by atoms with Gasteiger partial charge < -0.3 is 4.74 Å². The summed E-state index contributed by atoms with van der Waals surface area (Å²) in [5, 5.41) is 8.74. The standard InChI is InChI=1S/C23H22FNO2/c1-2-3-16-4-6-17(7-5-16)18-8-10-19(11-9-18)23(26)27-21-13-12-20(15-25)22(24)14-21/h2-3,8-14,16-17H,4-7H2,1H3/b3-2+. The molecule has 3 nitrogen and oxygen atoms in total. The van der Waals surface area contributed by atoms with Crippen LogP contribution in [0.5, 0.6) is 5.75 Å². The van der Waals surface area contributed by atoms with Crippen molar-refractivity contribution in [2.75, 3.05) is 0 Å². The topological polar surface area (TPSA) is 50.1 Å². The summed E-state index contributed by atoms with van der Waals surface area (Å²) in [7, 11) is 0. The lowest BCUT2D eigenvalue weighted by Crippen LogP contribution is -2.12. The summed E-state index contributed by atoms with van der Waals surface area (Å²) >= 11 is 0. The largest absolute Gasteiger partial charge is 0.423 e. The zero-order valence-electron chi connectivity index (χ0n) is 15.3. The lowest BCUT2D eigenvalue weighted by molar-refractivity contribution is 0.0734. The van der Waals surface area contributed by atoms with E-state index in [1.807, 2.05) is 12.1 Å². The fourth-order valence-corrected chi connectivity index (χ4v) is 3.62. The second-order valence-corrected chi connectivity index (χ2v) is 6.90. The molecule has 0 atom stereocenters. The molecule has 138 valence electrons. The number of allylic oxidation sites excluding steroid dienone is 2. The van der Waals surface area contributed by atoms with Gasteiger partial charge >= 0.3 is 5.97 Å². The molecule has 0 radical (unpaired) electrons. The maximum atomic E-state index is 13.6. The maximum absolute atomic E-state index is 13.6. The summed E-state index contributed by atoms with van der Waals surface area (Å²) in [6.45, 7) is 2.07. The van der Waals surface area contributed by atoms with Crippen LogP contribution in [0.25, 0.3) is 0 Å². The Hall–Kier alpha value is -2.93. The van der Waals surface area contributed by atoms with Crippen LogP contribution >= 0.6 is 0 Å². The molecule has 2 aromatic carbocycles. The minimum absolute atomic E-state index is 0.0803. The minimum Gasteiger partial charge on any atom is -0.423 e. The number of carbonyl (C=O) groups excluding carboxylic acids is 1. The molecule has 0 amide bonds. The monoisotopic (exact) mass is 363 g/mol. The van der Waals surface area contributed by atoms with Crippen LogP contribution in [0.2, 0.25) is 0 Å². The predicted octanol–water partition coefficient (Wildman–Crippen LogP) is 5.77. The van der Waals surface area contributed by atoms with E-state index in [1.54, 1.807) is 18.2 Å². The Balaban J connectivity index is 1.62. The number of halogens is 1. The van der Waals surface area contributed by atoms with Gasteiger partial charge in [0.1, 0.15) is 17.6 Å². The number of esters is 1. The molecule has 0 spiro atoms. The molecule has 1 aliphatic rings. The van der Waals surface area contributed by atoms with E-state index in [9.17, 15) is 9.18 Å². The van der Waals surface area contributed by atoms with Crippen LogP contribution in [-0.2, 0) is 0 Å². The van der Waals surface area contributed by atoms with Crippen molar-refractivity contribution in [2.45, 2.75) is 38.5 Å². The summed E-state index contributed by atoms with van der Waals surface area (Å²) in [5.74, 6) is 0.0644. The highest BCUT2D eigenvalue weighted by Gasteiger charge is 2.21. The van der Waals surface area contributed by atoms with Crippen LogP contribution in [0.3, 0.4) is 0 Å². The van der Waals surface area contributed by atoms with Crippen LogP contribution in [0.1, 0.15) is 60.0 Å². The maximum Gasteiger partial charge on any atom is 0.343 e. The molecular weight excluding hydrogens is 341 g/mol. The van der Waals surface area contributed by atoms with Gasteiger partial charge in [-0.1, -0.05) is 24.3 Å². The minimum atomic E-state index is -0.702. The Morgan fingerprint density at radius 2 is 1.85 bits per heavy atom. The Morgan fingerprint density at radius 1 is 1.15 bits per heavy atom. The van der Waals surface area contributed by atoms with Crippen LogP contribution in [0.15, 0.2) is 54.6 Å². The van der Waals surface area contributed by atoms with E-state index in [4.69, 9.17) is 10.00 Å². The fraction of sp³-hybridized carbons (Fsp3) is 0.304. The lowest BCUT2D eigenvalue weighted by atomic mass is 9.78. The zero-order chi connectivity index (χ0) is 19.2. The van der Waals surface area contributed by atoms with Gasteiger partial charge in [-0.25, -0.2) is 9.18 Å². The summed E-state index contributed by atoms with van der Waals surface area (Å²) in [5.41, 5.74) is 1.59. The third-order valence-electron chi connectivity index (χ3n) is 5.13. The second kappa shape index (κ2) is 8.64. The van der Waals surface area contributed by atoms with Crippen molar-refractivity contribution in [1.82, 2.24) is 0 Å². The van der Waals surface area contributed by atoms with Gasteiger partial charge in [0.05, 0.1) is 11.1 Å². The first-order valence-electron chi connectivity index (χ1n) is 9.25. The van der Waals surface area contributed by atoms with Crippen LogP contribution < -0.4 is 4.74 Å². The van der Waals surface area contributed by atoms with Gasteiger partial charge in [0.2, 0.25) is 0 Å². The molecule has 0 bridgehead atoms. The van der Waals surface area contributed by atoms with E-state index < -0.39 is 11.8 Å². The summed E-state index contributed by atoms with van der Waals surface area (Å²) in [6, 6.07) is 13.0. The smallest absolute Gasteiger partial charge is 0.343 e. The van der Waals surface area contributed by atoms with Crippen LogP contribution in [-0.4, -0.2) is 5.97 Å². The molecular formula is C23H22FNO2. The Morgan fingerprint density at radius 3 is 2.44 bits per heavy atom. The third kappa shape index (κ3) is 4.62. The quantitative estimate of drug-likeness (QED) is 0.394. The second-order valence-electron chi connectivity index (χ2n) is 6.90. The first-order chi connectivity index (χ1) is 13.1. The number of rotatable bonds is 4. The highest BCUT2D eigenvalue weighted by molar-refractivity contribution is 5.91. The number of benzene rings is 2. The molecule has 0 saturated heterocycles. The SMILES string of the molecule is C/C=C/C1CCC(c2ccc(C(=O)Oc3ccc(C#N)c(F)c3)cc2)CC1. The fourth-order valence-electron chi connectivity index (χ4n) is 3.62. The van der Waals surface area contributed by atoms with Crippen LogP contribution in [0, 0.1) is 23.1 Å². The molecule has 1 saturated carbocycles. The third-order valence-corrected chi connectivity index (χ3v) is 5.13. The molecule has 0 N–H and O–H groups in total. The number of hydrogen-bond acceptors (Lipinski definition) is 3. The molecule has 0 aromatic heterocycles. The highest BCUT2D eigenvalue weighted by atomic mass is 19.1. The van der Waals surface area contributed by atoms with Crippen molar-refractivity contribution >= 4 is 5.97 Å². The molecule has 1 aliphatic carbocycles. The molecule has 2 aromatic rings. The van der Waals surface area contributed by atoms with Crippen molar-refractivity contribution in [1.29, 1.82) is 5.26 Å². The Kier molecular flexibility index (Phi) is 6.03. The normalized spacial score (nSPS) is 19.6. The van der Waals surface area contributed by atoms with Gasteiger partial charge in [-0.05, 0) is 74.3 Å². The first kappa shape index (κ1) is 18.8. The van der Waals surface area contributed by atoms with Gasteiger partial charge in [-0.15, -0.1) is 0 Å². The molecule has 1 fully saturated rings. The number of hydrogen-bond donors (Lipinski definition) is 0. The molecule has 0 heterocycles. The lowest BCUT2D eigenvalue weighted by Gasteiger charge is -2.27. The van der Waals surface area contributed by atoms with E-state index in [1.165, 1.54) is 30.5 Å². The molecule has 27 heavy (non-hydrogen) atoms. The van der Waals surface area contributed by atoms with E-state index in [0.29, 0.717) is 17.4 Å². The van der Waals surface area contributed by atoms with Gasteiger partial charge in [-0.2, -0.15) is 5.26 Å². The van der Waals surface area contributed by atoms with Crippen LogP contribution in [0.4, 0.5) is 4.39 Å².